The Hall–Kier alpha value is -3.90. The quantitative estimate of drug-likeness (QED) is 0.167. The first-order valence-electron chi connectivity index (χ1n) is 10.2. The molecule has 0 saturated heterocycles. The van der Waals surface area contributed by atoms with E-state index in [0.29, 0.717) is 17.1 Å². The van der Waals surface area contributed by atoms with Crippen LogP contribution in [0.4, 0.5) is 10.1 Å². The predicted octanol–water partition coefficient (Wildman–Crippen LogP) is 5.89. The van der Waals surface area contributed by atoms with Crippen molar-refractivity contribution in [3.63, 3.8) is 0 Å². The molecule has 0 aliphatic heterocycles. The van der Waals surface area contributed by atoms with Gasteiger partial charge in [0, 0.05) is 29.3 Å². The molecule has 2 aromatic heterocycles. The molecule has 0 aliphatic carbocycles. The smallest absolute Gasteiger partial charge is 0.218 e. The van der Waals surface area contributed by atoms with Crippen LogP contribution < -0.4 is 4.74 Å². The maximum absolute atomic E-state index is 14.0. The molecule has 33 heavy (non-hydrogen) atoms. The second-order valence-electron chi connectivity index (χ2n) is 6.96. The number of rotatable bonds is 10. The fraction of sp³-hybridized carbons (Fsp3) is 0.167. The first kappa shape index (κ1) is 22.3. The maximum atomic E-state index is 14.0. The molecule has 4 aromatic rings. The number of halogens is 1. The number of hydrogen-bond donors (Lipinski definition) is 0. The molecule has 0 amide bonds. The Bertz CT molecular complexity index is 1250. The maximum Gasteiger partial charge on any atom is 0.218 e. The summed E-state index contributed by atoms with van der Waals surface area (Å²) in [7, 11) is 0. The minimum Gasteiger partial charge on any atom is -0.487 e. The van der Waals surface area contributed by atoms with E-state index in [9.17, 15) is 4.39 Å². The van der Waals surface area contributed by atoms with Crippen molar-refractivity contribution < 1.29 is 13.5 Å². The van der Waals surface area contributed by atoms with Gasteiger partial charge in [-0.15, -0.1) is 16.9 Å². The molecule has 0 N–H and O–H groups in total. The Kier molecular flexibility index (Phi) is 7.51. The SMILES string of the molecule is [C-]#[N+]c1ccc(/C=C/c2nc(COc3ccc(SCCCn4ccnn4)cc3)co2)c(F)c1. The van der Waals surface area contributed by atoms with Crippen LogP contribution in [0.25, 0.3) is 17.0 Å². The van der Waals surface area contributed by atoms with Crippen LogP contribution in [0.15, 0.2) is 70.4 Å². The third-order valence-corrected chi connectivity index (χ3v) is 5.67. The van der Waals surface area contributed by atoms with Crippen LogP contribution >= 0.6 is 11.8 Å². The van der Waals surface area contributed by atoms with Crippen LogP contribution in [0.5, 0.6) is 5.75 Å². The fourth-order valence-corrected chi connectivity index (χ4v) is 3.74. The van der Waals surface area contributed by atoms with E-state index >= 15 is 0 Å². The van der Waals surface area contributed by atoms with Crippen LogP contribution in [0.1, 0.15) is 23.6 Å². The molecule has 4 rings (SSSR count). The Labute approximate surface area is 194 Å². The first-order chi connectivity index (χ1) is 16.2. The summed E-state index contributed by atoms with van der Waals surface area (Å²) in [6, 6.07) is 12.2. The van der Waals surface area contributed by atoms with Crippen LogP contribution in [0, 0.1) is 12.4 Å². The lowest BCUT2D eigenvalue weighted by Gasteiger charge is -2.06. The summed E-state index contributed by atoms with van der Waals surface area (Å²) in [5.74, 6) is 1.61. The van der Waals surface area contributed by atoms with Gasteiger partial charge < -0.3 is 9.15 Å². The zero-order valence-corrected chi connectivity index (χ0v) is 18.4. The standard InChI is InChI=1S/C24H20FN5O2S/c1-26-19-5-3-18(23(25)15-19)4-10-24-28-20(17-32-24)16-31-21-6-8-22(9-7-21)33-14-2-12-30-13-11-27-29-30/h3-11,13,15,17H,2,12,14,16H2/b10-4+. The number of ether oxygens (including phenoxy) is 1. The van der Waals surface area contributed by atoms with Crippen molar-refractivity contribution in [2.24, 2.45) is 0 Å². The van der Waals surface area contributed by atoms with E-state index in [4.69, 9.17) is 15.7 Å². The van der Waals surface area contributed by atoms with Gasteiger partial charge in [0.1, 0.15) is 30.1 Å². The largest absolute Gasteiger partial charge is 0.487 e. The van der Waals surface area contributed by atoms with Crippen molar-refractivity contribution in [3.8, 4) is 5.75 Å². The fourth-order valence-electron chi connectivity index (χ4n) is 2.91. The molecule has 2 aromatic carbocycles. The lowest BCUT2D eigenvalue weighted by atomic mass is 10.2. The van der Waals surface area contributed by atoms with Gasteiger partial charge in [0.15, 0.2) is 5.69 Å². The summed E-state index contributed by atoms with van der Waals surface area (Å²) in [5, 5.41) is 7.75. The van der Waals surface area contributed by atoms with E-state index < -0.39 is 5.82 Å². The average Bonchev–Trinajstić information content (AvgIpc) is 3.52. The molecular formula is C24H20FN5O2S. The van der Waals surface area contributed by atoms with Crippen LogP contribution in [-0.2, 0) is 13.2 Å². The molecule has 166 valence electrons. The van der Waals surface area contributed by atoms with Crippen LogP contribution in [-0.4, -0.2) is 25.7 Å². The molecule has 7 nitrogen and oxygen atoms in total. The van der Waals surface area contributed by atoms with Crippen molar-refractivity contribution >= 4 is 29.6 Å². The van der Waals surface area contributed by atoms with Crippen molar-refractivity contribution in [3.05, 3.63) is 95.5 Å². The van der Waals surface area contributed by atoms with Crippen molar-refractivity contribution in [1.82, 2.24) is 20.0 Å². The van der Waals surface area contributed by atoms with E-state index in [1.54, 1.807) is 42.2 Å². The summed E-state index contributed by atoms with van der Waals surface area (Å²) in [5.41, 5.74) is 1.25. The Morgan fingerprint density at radius 3 is 2.82 bits per heavy atom. The minimum absolute atomic E-state index is 0.259. The Morgan fingerprint density at radius 2 is 2.06 bits per heavy atom. The highest BCUT2D eigenvalue weighted by Crippen LogP contribution is 2.23. The van der Waals surface area contributed by atoms with Gasteiger partial charge in [0.25, 0.3) is 0 Å². The molecule has 0 unspecified atom stereocenters. The lowest BCUT2D eigenvalue weighted by Crippen LogP contribution is -1.99. The van der Waals surface area contributed by atoms with Gasteiger partial charge in [0.05, 0.1) is 12.8 Å². The highest BCUT2D eigenvalue weighted by Gasteiger charge is 2.05. The van der Waals surface area contributed by atoms with E-state index in [1.165, 1.54) is 17.2 Å². The monoisotopic (exact) mass is 461 g/mol. The zero-order valence-electron chi connectivity index (χ0n) is 17.6. The molecule has 0 spiro atoms. The van der Waals surface area contributed by atoms with Crippen LogP contribution in [0.2, 0.25) is 0 Å². The highest BCUT2D eigenvalue weighted by molar-refractivity contribution is 7.99. The number of nitrogens with zero attached hydrogens (tertiary/aromatic N) is 5. The van der Waals surface area contributed by atoms with Gasteiger partial charge in [-0.1, -0.05) is 17.3 Å². The van der Waals surface area contributed by atoms with Gasteiger partial charge in [-0.2, -0.15) is 0 Å². The van der Waals surface area contributed by atoms with Crippen molar-refractivity contribution in [1.29, 1.82) is 0 Å². The van der Waals surface area contributed by atoms with E-state index in [2.05, 4.69) is 20.1 Å². The van der Waals surface area contributed by atoms with E-state index in [-0.39, 0.29) is 12.3 Å². The molecule has 0 radical (unpaired) electrons. The highest BCUT2D eigenvalue weighted by atomic mass is 32.2. The van der Waals surface area contributed by atoms with E-state index in [1.807, 2.05) is 35.1 Å². The number of benzene rings is 2. The third-order valence-electron chi connectivity index (χ3n) is 4.57. The Balaban J connectivity index is 1.23. The molecule has 0 bridgehead atoms. The molecule has 0 fully saturated rings. The van der Waals surface area contributed by atoms with Gasteiger partial charge in [-0.25, -0.2) is 14.2 Å². The van der Waals surface area contributed by atoms with E-state index in [0.717, 1.165) is 24.5 Å². The molecule has 0 atom stereocenters. The van der Waals surface area contributed by atoms with Gasteiger partial charge in [-0.3, -0.25) is 4.68 Å². The van der Waals surface area contributed by atoms with Gasteiger partial charge in [-0.05, 0) is 48.6 Å². The number of oxazole rings is 1. The Morgan fingerprint density at radius 1 is 1.18 bits per heavy atom. The topological polar surface area (TPSA) is 70.3 Å². The first-order valence-corrected chi connectivity index (χ1v) is 11.2. The second-order valence-corrected chi connectivity index (χ2v) is 8.12. The summed E-state index contributed by atoms with van der Waals surface area (Å²) in [6.07, 6.45) is 9.20. The molecular weight excluding hydrogens is 441 g/mol. The van der Waals surface area contributed by atoms with Gasteiger partial charge in [0.2, 0.25) is 5.89 Å². The van der Waals surface area contributed by atoms with Crippen LogP contribution in [0.3, 0.4) is 0 Å². The molecule has 9 heteroatoms. The lowest BCUT2D eigenvalue weighted by molar-refractivity contribution is 0.301. The summed E-state index contributed by atoms with van der Waals surface area (Å²) in [6.45, 7) is 8.03. The third kappa shape index (κ3) is 6.54. The number of hydrogen-bond acceptors (Lipinski definition) is 6. The summed E-state index contributed by atoms with van der Waals surface area (Å²) in [4.78, 5) is 8.70. The number of thioether (sulfide) groups is 1. The number of aromatic nitrogens is 4. The molecule has 0 saturated carbocycles. The summed E-state index contributed by atoms with van der Waals surface area (Å²) >= 11 is 1.78. The summed E-state index contributed by atoms with van der Waals surface area (Å²) < 4.78 is 27.0. The van der Waals surface area contributed by atoms with Crippen molar-refractivity contribution in [2.45, 2.75) is 24.5 Å². The predicted molar refractivity (Wildman–Crippen MR) is 124 cm³/mol. The second kappa shape index (κ2) is 11.1. The number of aryl methyl sites for hydroxylation is 1. The normalized spacial score (nSPS) is 11.0. The minimum atomic E-state index is -0.466. The van der Waals surface area contributed by atoms with Gasteiger partial charge >= 0.3 is 0 Å². The molecule has 2 heterocycles. The van der Waals surface area contributed by atoms with Crippen molar-refractivity contribution in [2.75, 3.05) is 5.75 Å². The average molecular weight is 462 g/mol. The molecule has 0 aliphatic rings. The zero-order chi connectivity index (χ0) is 22.9.